The zero-order valence-corrected chi connectivity index (χ0v) is 36.6. The third-order valence-electron chi connectivity index (χ3n) is 12.9. The molecule has 0 aliphatic heterocycles. The Bertz CT molecular complexity index is 3300. The second-order valence-corrected chi connectivity index (χ2v) is 17.6. The van der Waals surface area contributed by atoms with Gasteiger partial charge in [-0.15, -0.1) is 0 Å². The van der Waals surface area contributed by atoms with Gasteiger partial charge in [-0.05, 0) is 206 Å². The number of nitrogens with zero attached hydrogens (tertiary/aromatic N) is 2. The highest BCUT2D eigenvalue weighted by atomic mass is 16.3. The summed E-state index contributed by atoms with van der Waals surface area (Å²) in [7, 11) is 0. The molecule has 0 aliphatic carbocycles. The molecule has 62 heavy (non-hydrogen) atoms. The Morgan fingerprint density at radius 3 is 0.919 bits per heavy atom. The van der Waals surface area contributed by atoms with Gasteiger partial charge in [0.15, 0.2) is 0 Å². The number of rotatable bonds is 6. The molecule has 11 rings (SSSR count). The molecule has 4 nitrogen and oxygen atoms in total. The molecule has 302 valence electrons. The molecule has 9 aromatic carbocycles. The highest BCUT2D eigenvalue weighted by molar-refractivity contribution is 6.18. The first-order valence-electron chi connectivity index (χ1n) is 21.6. The van der Waals surface area contributed by atoms with E-state index in [1.807, 2.05) is 0 Å². The second kappa shape index (κ2) is 14.1. The van der Waals surface area contributed by atoms with Crippen molar-refractivity contribution in [3.8, 4) is 0 Å². The molecule has 0 saturated carbocycles. The first kappa shape index (κ1) is 37.7. The monoisotopic (exact) mass is 804 g/mol. The number of aryl methyl sites for hydroxylation is 8. The van der Waals surface area contributed by atoms with Gasteiger partial charge in [0, 0.05) is 55.7 Å². The largest absolute Gasteiger partial charge is 0.456 e. The number of benzene rings is 9. The standard InChI is InChI=1S/C58H48N2O2/c1-33-9-13-37(5)51(21-33)59(52-22-34(2)10-14-38(52)6)45-19-17-41-27-47-49-31-58-50(32-57(49)61-55(47)29-43(41)25-45)48-28-42-18-20-46(26-44(42)30-56(48)62-58)60(53-23-35(3)11-15-39(53)7)54-24-36(4)12-16-40(54)8/h9-32H,1-8H3. The Morgan fingerprint density at radius 2 is 0.581 bits per heavy atom. The van der Waals surface area contributed by atoms with E-state index in [0.29, 0.717) is 0 Å². The Morgan fingerprint density at radius 1 is 0.274 bits per heavy atom. The summed E-state index contributed by atoms with van der Waals surface area (Å²) in [6.45, 7) is 17.4. The van der Waals surface area contributed by atoms with Crippen molar-refractivity contribution < 1.29 is 8.83 Å². The van der Waals surface area contributed by atoms with Crippen molar-refractivity contribution in [1.82, 2.24) is 0 Å². The number of hydrogen-bond donors (Lipinski definition) is 0. The van der Waals surface area contributed by atoms with Gasteiger partial charge in [0.1, 0.15) is 22.3 Å². The zero-order valence-electron chi connectivity index (χ0n) is 36.6. The van der Waals surface area contributed by atoms with E-state index in [1.165, 1.54) is 67.3 Å². The van der Waals surface area contributed by atoms with Gasteiger partial charge in [-0.25, -0.2) is 0 Å². The Hall–Kier alpha value is -7.30. The Kier molecular flexibility index (Phi) is 8.59. The van der Waals surface area contributed by atoms with Crippen LogP contribution in [-0.4, -0.2) is 0 Å². The third-order valence-corrected chi connectivity index (χ3v) is 12.9. The maximum Gasteiger partial charge on any atom is 0.136 e. The lowest BCUT2D eigenvalue weighted by Gasteiger charge is -2.29. The fraction of sp³-hybridized carbons (Fsp3) is 0.138. The van der Waals surface area contributed by atoms with Crippen LogP contribution in [0.15, 0.2) is 154 Å². The van der Waals surface area contributed by atoms with Crippen LogP contribution in [0.2, 0.25) is 0 Å². The minimum absolute atomic E-state index is 0.853. The van der Waals surface area contributed by atoms with Crippen LogP contribution in [0.5, 0.6) is 0 Å². The van der Waals surface area contributed by atoms with Crippen molar-refractivity contribution in [3.05, 3.63) is 190 Å². The molecule has 2 heterocycles. The first-order chi connectivity index (χ1) is 29.9. The second-order valence-electron chi connectivity index (χ2n) is 17.6. The first-order valence-corrected chi connectivity index (χ1v) is 21.6. The van der Waals surface area contributed by atoms with Gasteiger partial charge in [0.25, 0.3) is 0 Å². The van der Waals surface area contributed by atoms with E-state index in [4.69, 9.17) is 8.83 Å². The van der Waals surface area contributed by atoms with E-state index in [1.54, 1.807) is 0 Å². The average molecular weight is 805 g/mol. The van der Waals surface area contributed by atoms with Crippen molar-refractivity contribution in [3.63, 3.8) is 0 Å². The molecule has 0 N–H and O–H groups in total. The van der Waals surface area contributed by atoms with Gasteiger partial charge >= 0.3 is 0 Å². The number of fused-ring (bicyclic) bond motifs is 8. The van der Waals surface area contributed by atoms with Crippen LogP contribution in [0.4, 0.5) is 34.1 Å². The van der Waals surface area contributed by atoms with Crippen molar-refractivity contribution in [2.45, 2.75) is 55.4 Å². The Labute approximate surface area is 362 Å². The van der Waals surface area contributed by atoms with Crippen molar-refractivity contribution >= 4 is 99.5 Å². The van der Waals surface area contributed by atoms with Crippen LogP contribution in [0, 0.1) is 55.4 Å². The predicted octanol–water partition coefficient (Wildman–Crippen LogP) is 17.2. The summed E-state index contributed by atoms with van der Waals surface area (Å²) in [5.41, 5.74) is 20.2. The van der Waals surface area contributed by atoms with Gasteiger partial charge in [-0.3, -0.25) is 0 Å². The maximum atomic E-state index is 6.72. The fourth-order valence-corrected chi connectivity index (χ4v) is 9.44. The molecule has 4 heteroatoms. The van der Waals surface area contributed by atoms with E-state index in [0.717, 1.165) is 76.8 Å². The van der Waals surface area contributed by atoms with Crippen LogP contribution >= 0.6 is 0 Å². The minimum atomic E-state index is 0.853. The molecule has 11 aromatic rings. The zero-order chi connectivity index (χ0) is 42.6. The molecule has 0 amide bonds. The average Bonchev–Trinajstić information content (AvgIpc) is 3.78. The summed E-state index contributed by atoms with van der Waals surface area (Å²) >= 11 is 0. The van der Waals surface area contributed by atoms with Gasteiger partial charge in [-0.1, -0.05) is 60.7 Å². The van der Waals surface area contributed by atoms with E-state index in [9.17, 15) is 0 Å². The molecule has 0 saturated heterocycles. The van der Waals surface area contributed by atoms with E-state index < -0.39 is 0 Å². The lowest BCUT2D eigenvalue weighted by Crippen LogP contribution is -2.13. The van der Waals surface area contributed by atoms with Crippen LogP contribution < -0.4 is 9.80 Å². The van der Waals surface area contributed by atoms with Gasteiger partial charge in [0.05, 0.1) is 0 Å². The van der Waals surface area contributed by atoms with Gasteiger partial charge < -0.3 is 18.6 Å². The summed E-state index contributed by atoms with van der Waals surface area (Å²) in [6, 6.07) is 53.6. The SMILES string of the molecule is Cc1ccc(C)c(N(c2ccc3cc4c(cc3c2)oc2cc3c(cc24)oc2cc4cc(N(c5cc(C)ccc5C)c5cc(C)ccc5C)ccc4cc23)c2cc(C)ccc2C)c1. The topological polar surface area (TPSA) is 32.8 Å². The third kappa shape index (κ3) is 6.20. The summed E-state index contributed by atoms with van der Waals surface area (Å²) in [5, 5.41) is 8.84. The summed E-state index contributed by atoms with van der Waals surface area (Å²) in [5.74, 6) is 0. The van der Waals surface area contributed by atoms with E-state index in [-0.39, 0.29) is 0 Å². The molecule has 2 aromatic heterocycles. The predicted molar refractivity (Wildman–Crippen MR) is 263 cm³/mol. The van der Waals surface area contributed by atoms with Gasteiger partial charge in [0.2, 0.25) is 0 Å². The number of hydrogen-bond acceptors (Lipinski definition) is 4. The van der Waals surface area contributed by atoms with Crippen LogP contribution in [0.25, 0.3) is 65.4 Å². The van der Waals surface area contributed by atoms with Crippen LogP contribution in [0.3, 0.4) is 0 Å². The molecule has 0 fully saturated rings. The van der Waals surface area contributed by atoms with Crippen molar-refractivity contribution in [1.29, 1.82) is 0 Å². The summed E-state index contributed by atoms with van der Waals surface area (Å²) < 4.78 is 13.4. The fourth-order valence-electron chi connectivity index (χ4n) is 9.44. The lowest BCUT2D eigenvalue weighted by atomic mass is 10.0. The minimum Gasteiger partial charge on any atom is -0.456 e. The highest BCUT2D eigenvalue weighted by Gasteiger charge is 2.21. The smallest absolute Gasteiger partial charge is 0.136 e. The quantitative estimate of drug-likeness (QED) is 0.168. The lowest BCUT2D eigenvalue weighted by molar-refractivity contribution is 0.664. The number of anilines is 6. The summed E-state index contributed by atoms with van der Waals surface area (Å²) in [6.07, 6.45) is 0. The van der Waals surface area contributed by atoms with Gasteiger partial charge in [-0.2, -0.15) is 0 Å². The number of furan rings is 2. The Balaban J connectivity index is 1.02. The molecule has 0 aliphatic rings. The molecule has 0 unspecified atom stereocenters. The molecule has 0 spiro atoms. The molecule has 0 bridgehead atoms. The molecule has 0 atom stereocenters. The van der Waals surface area contributed by atoms with Crippen LogP contribution in [-0.2, 0) is 0 Å². The van der Waals surface area contributed by atoms with E-state index in [2.05, 4.69) is 211 Å². The highest BCUT2D eigenvalue weighted by Crippen LogP contribution is 2.45. The normalized spacial score (nSPS) is 11.9. The van der Waals surface area contributed by atoms with E-state index >= 15 is 0 Å². The summed E-state index contributed by atoms with van der Waals surface area (Å²) in [4.78, 5) is 4.81. The van der Waals surface area contributed by atoms with Crippen molar-refractivity contribution in [2.24, 2.45) is 0 Å². The molecule has 0 radical (unpaired) electrons. The van der Waals surface area contributed by atoms with Crippen LogP contribution in [0.1, 0.15) is 44.5 Å². The molecular formula is C58H48N2O2. The van der Waals surface area contributed by atoms with Crippen molar-refractivity contribution in [2.75, 3.05) is 9.80 Å². The maximum absolute atomic E-state index is 6.72. The molecular weight excluding hydrogens is 757 g/mol.